The van der Waals surface area contributed by atoms with E-state index in [1.54, 1.807) is 0 Å². The Labute approximate surface area is 138 Å². The molecule has 23 heavy (non-hydrogen) atoms. The second kappa shape index (κ2) is 7.79. The fourth-order valence-electron chi connectivity index (χ4n) is 2.90. The number of amides is 2. The number of carbonyl (C=O) groups excluding carboxylic acids is 2. The average Bonchev–Trinajstić information content (AvgIpc) is 2.67. The minimum atomic E-state index is -1.00. The van der Waals surface area contributed by atoms with Crippen molar-refractivity contribution >= 4 is 17.8 Å². The van der Waals surface area contributed by atoms with Crippen molar-refractivity contribution in [1.29, 1.82) is 0 Å². The molecule has 1 N–H and O–H groups in total. The van der Waals surface area contributed by atoms with Crippen molar-refractivity contribution in [2.45, 2.75) is 59.9 Å². The van der Waals surface area contributed by atoms with Gasteiger partial charge >= 0.3 is 5.97 Å². The average molecular weight is 326 g/mol. The molecule has 2 amide bonds. The third-order valence-electron chi connectivity index (χ3n) is 4.83. The molecule has 0 saturated carbocycles. The van der Waals surface area contributed by atoms with E-state index in [0.717, 1.165) is 12.8 Å². The molecule has 2 atom stereocenters. The summed E-state index contributed by atoms with van der Waals surface area (Å²) in [5.41, 5.74) is -0.0858. The van der Waals surface area contributed by atoms with Crippen LogP contribution in [0.25, 0.3) is 0 Å². The van der Waals surface area contributed by atoms with Crippen LogP contribution in [0.4, 0.5) is 0 Å². The quantitative estimate of drug-likeness (QED) is 0.857. The molecule has 0 aromatic carbocycles. The zero-order chi connectivity index (χ0) is 17.8. The predicted molar refractivity (Wildman–Crippen MR) is 87.9 cm³/mol. The minimum Gasteiger partial charge on any atom is -0.480 e. The highest BCUT2D eigenvalue weighted by molar-refractivity contribution is 5.80. The topological polar surface area (TPSA) is 77.9 Å². The first-order chi connectivity index (χ1) is 10.5. The van der Waals surface area contributed by atoms with Crippen molar-refractivity contribution in [2.24, 2.45) is 11.3 Å². The van der Waals surface area contributed by atoms with E-state index in [1.807, 2.05) is 11.8 Å². The molecule has 1 fully saturated rings. The molecule has 132 valence electrons. The van der Waals surface area contributed by atoms with Gasteiger partial charge < -0.3 is 14.9 Å². The maximum Gasteiger partial charge on any atom is 0.323 e. The Morgan fingerprint density at radius 2 is 1.83 bits per heavy atom. The van der Waals surface area contributed by atoms with E-state index >= 15 is 0 Å². The van der Waals surface area contributed by atoms with Gasteiger partial charge in [-0.15, -0.1) is 0 Å². The van der Waals surface area contributed by atoms with Crippen LogP contribution in [0.15, 0.2) is 0 Å². The number of rotatable bonds is 4. The lowest BCUT2D eigenvalue weighted by Crippen LogP contribution is -2.44. The summed E-state index contributed by atoms with van der Waals surface area (Å²) in [6.07, 6.45) is 2.16. The van der Waals surface area contributed by atoms with Crippen LogP contribution in [0, 0.1) is 11.3 Å². The highest BCUT2D eigenvalue weighted by Gasteiger charge is 2.33. The number of hydrogen-bond acceptors (Lipinski definition) is 3. The highest BCUT2D eigenvalue weighted by atomic mass is 16.4. The van der Waals surface area contributed by atoms with Crippen LogP contribution in [-0.2, 0) is 14.4 Å². The molecule has 0 bridgehead atoms. The van der Waals surface area contributed by atoms with Gasteiger partial charge in [-0.2, -0.15) is 0 Å². The molecular formula is C17H30N2O4. The van der Waals surface area contributed by atoms with Crippen molar-refractivity contribution in [2.75, 3.05) is 19.6 Å². The van der Waals surface area contributed by atoms with Gasteiger partial charge in [0, 0.05) is 32.0 Å². The largest absolute Gasteiger partial charge is 0.480 e. The van der Waals surface area contributed by atoms with E-state index in [1.165, 1.54) is 11.8 Å². The number of nitrogens with zero attached hydrogens (tertiary/aromatic N) is 2. The number of likely N-dealkylation sites (tertiary alicyclic amines) is 1. The molecule has 0 aromatic heterocycles. The van der Waals surface area contributed by atoms with E-state index < -0.39 is 5.97 Å². The predicted octanol–water partition coefficient (Wildman–Crippen LogP) is 1.98. The number of hydrogen-bond donors (Lipinski definition) is 1. The molecule has 1 aliphatic heterocycles. The second-order valence-electron chi connectivity index (χ2n) is 7.54. The smallest absolute Gasteiger partial charge is 0.323 e. The Bertz CT molecular complexity index is 456. The second-order valence-corrected chi connectivity index (χ2v) is 7.54. The Morgan fingerprint density at radius 1 is 1.22 bits per heavy atom. The SMILES string of the molecule is CC(=O)N(CC(=O)O)C1CCCN(C(=O)C(C)C(C)(C)C)CC1. The van der Waals surface area contributed by atoms with Crippen molar-refractivity contribution < 1.29 is 19.5 Å². The van der Waals surface area contributed by atoms with Gasteiger partial charge in [-0.05, 0) is 24.7 Å². The summed E-state index contributed by atoms with van der Waals surface area (Å²) in [5.74, 6) is -1.15. The lowest BCUT2D eigenvalue weighted by atomic mass is 9.81. The lowest BCUT2D eigenvalue weighted by molar-refractivity contribution is -0.145. The Hall–Kier alpha value is -1.59. The highest BCUT2D eigenvalue weighted by Crippen LogP contribution is 2.28. The van der Waals surface area contributed by atoms with Crippen LogP contribution < -0.4 is 0 Å². The van der Waals surface area contributed by atoms with Crippen molar-refractivity contribution in [3.8, 4) is 0 Å². The maximum absolute atomic E-state index is 12.6. The molecule has 1 aliphatic rings. The summed E-state index contributed by atoms with van der Waals surface area (Å²) in [4.78, 5) is 38.6. The first kappa shape index (κ1) is 19.5. The Kier molecular flexibility index (Phi) is 6.59. The molecule has 0 aliphatic carbocycles. The van der Waals surface area contributed by atoms with Gasteiger partial charge in [-0.3, -0.25) is 14.4 Å². The van der Waals surface area contributed by atoms with Crippen LogP contribution in [0.2, 0.25) is 0 Å². The van der Waals surface area contributed by atoms with Crippen molar-refractivity contribution in [3.05, 3.63) is 0 Å². The van der Waals surface area contributed by atoms with Crippen LogP contribution in [0.1, 0.15) is 53.9 Å². The van der Waals surface area contributed by atoms with Crippen LogP contribution >= 0.6 is 0 Å². The van der Waals surface area contributed by atoms with Crippen LogP contribution in [0.5, 0.6) is 0 Å². The fraction of sp³-hybridized carbons (Fsp3) is 0.824. The van der Waals surface area contributed by atoms with Crippen molar-refractivity contribution in [1.82, 2.24) is 9.80 Å². The Morgan fingerprint density at radius 3 is 2.30 bits per heavy atom. The Balaban J connectivity index is 2.74. The first-order valence-corrected chi connectivity index (χ1v) is 8.31. The number of carboxylic acids is 1. The van der Waals surface area contributed by atoms with Crippen LogP contribution in [-0.4, -0.2) is 58.4 Å². The van der Waals surface area contributed by atoms with Gasteiger partial charge in [0.05, 0.1) is 0 Å². The minimum absolute atomic E-state index is 0.0676. The molecule has 1 rings (SSSR count). The molecular weight excluding hydrogens is 296 g/mol. The zero-order valence-corrected chi connectivity index (χ0v) is 15.0. The summed E-state index contributed by atoms with van der Waals surface area (Å²) < 4.78 is 0. The van der Waals surface area contributed by atoms with Gasteiger partial charge in [0.15, 0.2) is 0 Å². The van der Waals surface area contributed by atoms with E-state index in [9.17, 15) is 14.4 Å². The van der Waals surface area contributed by atoms with Gasteiger partial charge in [0.25, 0.3) is 0 Å². The molecule has 0 radical (unpaired) electrons. The molecule has 0 aromatic rings. The fourth-order valence-corrected chi connectivity index (χ4v) is 2.90. The molecule has 6 nitrogen and oxygen atoms in total. The third-order valence-corrected chi connectivity index (χ3v) is 4.83. The molecule has 1 heterocycles. The summed E-state index contributed by atoms with van der Waals surface area (Å²) in [6.45, 7) is 10.5. The normalized spacial score (nSPS) is 20.6. The summed E-state index contributed by atoms with van der Waals surface area (Å²) in [6, 6.07) is -0.105. The van der Waals surface area contributed by atoms with E-state index in [-0.39, 0.29) is 35.7 Å². The third kappa shape index (κ3) is 5.52. The van der Waals surface area contributed by atoms with Gasteiger partial charge in [0.2, 0.25) is 11.8 Å². The van der Waals surface area contributed by atoms with Crippen LogP contribution in [0.3, 0.4) is 0 Å². The number of aliphatic carboxylic acids is 1. The van der Waals surface area contributed by atoms with E-state index in [2.05, 4.69) is 20.8 Å². The summed E-state index contributed by atoms with van der Waals surface area (Å²) in [7, 11) is 0. The van der Waals surface area contributed by atoms with Crippen molar-refractivity contribution in [3.63, 3.8) is 0 Å². The summed E-state index contributed by atoms with van der Waals surface area (Å²) in [5, 5.41) is 8.98. The lowest BCUT2D eigenvalue weighted by Gasteiger charge is -2.32. The molecule has 1 saturated heterocycles. The van der Waals surface area contributed by atoms with Gasteiger partial charge in [-0.25, -0.2) is 0 Å². The zero-order valence-electron chi connectivity index (χ0n) is 15.0. The standard InChI is InChI=1S/C17H30N2O4/c1-12(17(3,4)5)16(23)18-9-6-7-14(8-10-18)19(13(2)20)11-15(21)22/h12,14H,6-11H2,1-5H3,(H,21,22). The number of carboxylic acid groups (broad SMARTS) is 1. The van der Waals surface area contributed by atoms with E-state index in [4.69, 9.17) is 5.11 Å². The summed E-state index contributed by atoms with van der Waals surface area (Å²) >= 11 is 0. The first-order valence-electron chi connectivity index (χ1n) is 8.31. The van der Waals surface area contributed by atoms with Gasteiger partial charge in [0.1, 0.15) is 6.54 Å². The molecule has 2 unspecified atom stereocenters. The maximum atomic E-state index is 12.6. The van der Waals surface area contributed by atoms with Gasteiger partial charge in [-0.1, -0.05) is 27.7 Å². The van der Waals surface area contributed by atoms with E-state index in [0.29, 0.717) is 19.5 Å². The monoisotopic (exact) mass is 326 g/mol. The molecule has 0 spiro atoms. The molecule has 6 heteroatoms. The number of carbonyl (C=O) groups is 3.